The number of nitrogens with zero attached hydrogens (tertiary/aromatic N) is 1. The van der Waals surface area contributed by atoms with E-state index in [1.165, 1.54) is 11.3 Å². The molecule has 80 valence electrons. The largest absolute Gasteiger partial charge is 0.481 e. The topological polar surface area (TPSA) is 66.0 Å². The van der Waals surface area contributed by atoms with Crippen LogP contribution in [0.3, 0.4) is 0 Å². The van der Waals surface area contributed by atoms with Crippen molar-refractivity contribution in [1.82, 2.24) is 9.97 Å². The van der Waals surface area contributed by atoms with Crippen molar-refractivity contribution >= 4 is 28.3 Å². The van der Waals surface area contributed by atoms with E-state index >= 15 is 0 Å². The molecule has 0 aliphatic carbocycles. The summed E-state index contributed by atoms with van der Waals surface area (Å²) in [6, 6.07) is 0. The molecule has 2 aromatic rings. The number of aromatic amines is 1. The summed E-state index contributed by atoms with van der Waals surface area (Å²) in [5.74, 6) is -1.18. The summed E-state index contributed by atoms with van der Waals surface area (Å²) >= 11 is 1.47. The molecule has 0 bridgehead atoms. The number of carbonyl (C=O) groups is 1. The second-order valence-corrected chi connectivity index (χ2v) is 4.36. The Morgan fingerprint density at radius 3 is 3.20 bits per heavy atom. The van der Waals surface area contributed by atoms with Gasteiger partial charge in [0.05, 0.1) is 17.8 Å². The summed E-state index contributed by atoms with van der Waals surface area (Å²) in [4.78, 5) is 19.1. The second kappa shape index (κ2) is 4.02. The summed E-state index contributed by atoms with van der Waals surface area (Å²) in [7, 11) is 0. The molecule has 0 aliphatic heterocycles. The predicted octanol–water partition coefficient (Wildman–Crippen LogP) is 2.59. The Balaban J connectivity index is 2.43. The van der Waals surface area contributed by atoms with E-state index < -0.39 is 11.9 Å². The molecule has 0 aromatic carbocycles. The third-order valence-electron chi connectivity index (χ3n) is 2.40. The summed E-state index contributed by atoms with van der Waals surface area (Å²) in [5.41, 5.74) is 1.73. The molecule has 15 heavy (non-hydrogen) atoms. The van der Waals surface area contributed by atoms with Crippen molar-refractivity contribution in [3.8, 4) is 0 Å². The summed E-state index contributed by atoms with van der Waals surface area (Å²) in [6.45, 7) is 1.99. The minimum atomic E-state index is -0.761. The van der Waals surface area contributed by atoms with Gasteiger partial charge in [0.2, 0.25) is 0 Å². The number of hydrogen-bond acceptors (Lipinski definition) is 3. The van der Waals surface area contributed by atoms with Gasteiger partial charge in [-0.3, -0.25) is 4.79 Å². The van der Waals surface area contributed by atoms with Crippen molar-refractivity contribution in [1.29, 1.82) is 0 Å². The van der Waals surface area contributed by atoms with E-state index in [1.807, 2.05) is 12.3 Å². The van der Waals surface area contributed by atoms with Gasteiger partial charge in [0.1, 0.15) is 5.52 Å². The molecule has 0 amide bonds. The number of rotatable bonds is 4. The van der Waals surface area contributed by atoms with E-state index in [4.69, 9.17) is 5.11 Å². The quantitative estimate of drug-likeness (QED) is 0.838. The third-order valence-corrected chi connectivity index (χ3v) is 3.48. The minimum absolute atomic E-state index is 0.416. The van der Waals surface area contributed by atoms with Crippen LogP contribution in [0.25, 0.3) is 11.0 Å². The van der Waals surface area contributed by atoms with Crippen LogP contribution < -0.4 is 0 Å². The molecule has 0 aliphatic rings. The number of thiophene rings is 1. The number of imidazole rings is 1. The molecule has 1 atom stereocenters. The normalized spacial score (nSPS) is 13.1. The Hall–Kier alpha value is -1.36. The lowest BCUT2D eigenvalue weighted by atomic mass is 10.0. The Morgan fingerprint density at radius 1 is 1.73 bits per heavy atom. The lowest BCUT2D eigenvalue weighted by Gasteiger charge is -2.07. The summed E-state index contributed by atoms with van der Waals surface area (Å²) in [5, 5.41) is 11.1. The third kappa shape index (κ3) is 1.74. The molecule has 2 aromatic heterocycles. The first-order valence-electron chi connectivity index (χ1n) is 4.87. The smallest absolute Gasteiger partial charge is 0.311 e. The molecule has 1 unspecified atom stereocenters. The second-order valence-electron chi connectivity index (χ2n) is 3.44. The summed E-state index contributed by atoms with van der Waals surface area (Å²) in [6.07, 6.45) is 3.13. The highest BCUT2D eigenvalue weighted by Crippen LogP contribution is 2.32. The number of nitrogens with one attached hydrogen (secondary N) is 1. The molecule has 0 saturated carbocycles. The summed E-state index contributed by atoms with van der Waals surface area (Å²) < 4.78 is 0. The van der Waals surface area contributed by atoms with Crippen LogP contribution >= 0.6 is 11.3 Å². The van der Waals surface area contributed by atoms with Crippen LogP contribution in [0.5, 0.6) is 0 Å². The number of carboxylic acids is 1. The van der Waals surface area contributed by atoms with Crippen LogP contribution in [-0.2, 0) is 4.79 Å². The average molecular weight is 224 g/mol. The van der Waals surface area contributed by atoms with Crippen molar-refractivity contribution in [2.24, 2.45) is 0 Å². The van der Waals surface area contributed by atoms with Crippen LogP contribution in [0.1, 0.15) is 30.6 Å². The minimum Gasteiger partial charge on any atom is -0.481 e. The van der Waals surface area contributed by atoms with Gasteiger partial charge in [0.15, 0.2) is 0 Å². The predicted molar refractivity (Wildman–Crippen MR) is 59.3 cm³/mol. The van der Waals surface area contributed by atoms with Crippen molar-refractivity contribution in [2.45, 2.75) is 25.7 Å². The highest BCUT2D eigenvalue weighted by atomic mass is 32.1. The number of hydrogen-bond donors (Lipinski definition) is 2. The fourth-order valence-electron chi connectivity index (χ4n) is 1.67. The van der Waals surface area contributed by atoms with Crippen LogP contribution in [-0.4, -0.2) is 21.0 Å². The van der Waals surface area contributed by atoms with Crippen LogP contribution in [0.15, 0.2) is 11.7 Å². The lowest BCUT2D eigenvalue weighted by molar-refractivity contribution is -0.138. The maximum Gasteiger partial charge on any atom is 0.311 e. The first-order valence-corrected chi connectivity index (χ1v) is 5.75. The molecule has 0 radical (unpaired) electrons. The van der Waals surface area contributed by atoms with Crippen molar-refractivity contribution in [3.05, 3.63) is 16.6 Å². The standard InChI is InChI=1S/C10H12N2O2S/c1-2-3-6(10(13)14)9-8-7(4-15-9)11-5-12-8/h4-6H,2-3H2,1H3,(H,11,12)(H,13,14). The Morgan fingerprint density at radius 2 is 2.53 bits per heavy atom. The van der Waals surface area contributed by atoms with E-state index in [0.29, 0.717) is 6.42 Å². The Bertz CT molecular complexity index is 474. The number of H-pyrrole nitrogens is 1. The zero-order valence-electron chi connectivity index (χ0n) is 8.36. The lowest BCUT2D eigenvalue weighted by Crippen LogP contribution is -2.10. The van der Waals surface area contributed by atoms with E-state index in [9.17, 15) is 4.79 Å². The van der Waals surface area contributed by atoms with Crippen LogP contribution in [0, 0.1) is 0 Å². The zero-order chi connectivity index (χ0) is 10.8. The van der Waals surface area contributed by atoms with E-state index in [2.05, 4.69) is 9.97 Å². The van der Waals surface area contributed by atoms with Gasteiger partial charge in [-0.05, 0) is 6.42 Å². The highest BCUT2D eigenvalue weighted by molar-refractivity contribution is 7.11. The monoisotopic (exact) mass is 224 g/mol. The van der Waals surface area contributed by atoms with E-state index in [0.717, 1.165) is 22.3 Å². The highest BCUT2D eigenvalue weighted by Gasteiger charge is 2.23. The van der Waals surface area contributed by atoms with Crippen molar-refractivity contribution < 1.29 is 9.90 Å². The van der Waals surface area contributed by atoms with Gasteiger partial charge >= 0.3 is 5.97 Å². The number of aromatic nitrogens is 2. The van der Waals surface area contributed by atoms with Crippen molar-refractivity contribution in [3.63, 3.8) is 0 Å². The molecule has 0 spiro atoms. The van der Waals surface area contributed by atoms with Gasteiger partial charge in [-0.1, -0.05) is 13.3 Å². The Labute approximate surface area is 91.0 Å². The fourth-order valence-corrected chi connectivity index (χ4v) is 2.75. The van der Waals surface area contributed by atoms with E-state index in [-0.39, 0.29) is 0 Å². The SMILES string of the molecule is CCCC(C(=O)O)c1scc2[nH]cnc12. The zero-order valence-corrected chi connectivity index (χ0v) is 9.17. The van der Waals surface area contributed by atoms with E-state index in [1.54, 1.807) is 6.33 Å². The van der Waals surface area contributed by atoms with Crippen molar-refractivity contribution in [2.75, 3.05) is 0 Å². The van der Waals surface area contributed by atoms with Gasteiger partial charge in [-0.25, -0.2) is 4.98 Å². The molecule has 5 heteroatoms. The molecule has 2 rings (SSSR count). The number of aliphatic carboxylic acids is 1. The van der Waals surface area contributed by atoms with Crippen LogP contribution in [0.4, 0.5) is 0 Å². The molecule has 0 saturated heterocycles. The first-order chi connectivity index (χ1) is 7.24. The molecule has 4 nitrogen and oxygen atoms in total. The maximum atomic E-state index is 11.1. The molecule has 2 heterocycles. The molecular weight excluding hydrogens is 212 g/mol. The van der Waals surface area contributed by atoms with Gasteiger partial charge in [-0.2, -0.15) is 0 Å². The molecule has 2 N–H and O–H groups in total. The van der Waals surface area contributed by atoms with Gasteiger partial charge in [0.25, 0.3) is 0 Å². The average Bonchev–Trinajstić information content (AvgIpc) is 2.75. The van der Waals surface area contributed by atoms with Crippen LogP contribution in [0.2, 0.25) is 0 Å². The molecular formula is C10H12N2O2S. The van der Waals surface area contributed by atoms with Gasteiger partial charge in [-0.15, -0.1) is 11.3 Å². The number of fused-ring (bicyclic) bond motifs is 1. The fraction of sp³-hybridized carbons (Fsp3) is 0.400. The Kier molecular flexibility index (Phi) is 2.73. The van der Waals surface area contributed by atoms with Gasteiger partial charge in [0, 0.05) is 10.3 Å². The number of carboxylic acid groups (broad SMARTS) is 1. The molecule has 0 fully saturated rings. The first kappa shape index (κ1) is 10.2. The maximum absolute atomic E-state index is 11.1. The van der Waals surface area contributed by atoms with Gasteiger partial charge < -0.3 is 10.1 Å².